The number of nitrogens with two attached hydrogens (primary N) is 1. The number of hydrogen-bond acceptors (Lipinski definition) is 3. The van der Waals surface area contributed by atoms with Gasteiger partial charge in [0, 0.05) is 32.4 Å². The van der Waals surface area contributed by atoms with Crippen LogP contribution < -0.4 is 10.5 Å². The molecule has 2 heterocycles. The van der Waals surface area contributed by atoms with Gasteiger partial charge in [0.1, 0.15) is 11.6 Å². The first kappa shape index (κ1) is 11.3. The maximum absolute atomic E-state index is 5.93. The number of fused-ring (bicyclic) bond motifs is 1. The molecular weight excluding hydrogens is 226 g/mol. The van der Waals surface area contributed by atoms with Crippen molar-refractivity contribution in [1.82, 2.24) is 9.55 Å². The van der Waals surface area contributed by atoms with Crippen molar-refractivity contribution in [2.75, 3.05) is 13.2 Å². The first-order valence-electron chi connectivity index (χ1n) is 6.22. The van der Waals surface area contributed by atoms with Gasteiger partial charge in [0.25, 0.3) is 0 Å². The van der Waals surface area contributed by atoms with E-state index in [1.54, 1.807) is 0 Å². The average Bonchev–Trinajstić information content (AvgIpc) is 2.99. The summed E-state index contributed by atoms with van der Waals surface area (Å²) in [6.07, 6.45) is 4.75. The predicted molar refractivity (Wildman–Crippen MR) is 69.7 cm³/mol. The topological polar surface area (TPSA) is 53.1 Å². The molecule has 94 valence electrons. The Labute approximate surface area is 106 Å². The molecule has 18 heavy (non-hydrogen) atoms. The lowest BCUT2D eigenvalue weighted by Gasteiger charge is -2.16. The predicted octanol–water partition coefficient (Wildman–Crippen LogP) is 1.45. The molecule has 0 amide bonds. The molecule has 4 nitrogen and oxygen atoms in total. The zero-order valence-electron chi connectivity index (χ0n) is 10.5. The number of hydrogen-bond donors (Lipinski definition) is 1. The summed E-state index contributed by atoms with van der Waals surface area (Å²) in [5, 5.41) is 0. The monoisotopic (exact) mass is 243 g/mol. The zero-order valence-corrected chi connectivity index (χ0v) is 10.5. The molecule has 0 aliphatic carbocycles. The van der Waals surface area contributed by atoms with Crippen LogP contribution in [0.4, 0.5) is 0 Å². The molecule has 1 aliphatic heterocycles. The summed E-state index contributed by atoms with van der Waals surface area (Å²) >= 11 is 0. The van der Waals surface area contributed by atoms with E-state index < -0.39 is 0 Å². The molecule has 0 fully saturated rings. The fourth-order valence-corrected chi connectivity index (χ4v) is 2.53. The van der Waals surface area contributed by atoms with Crippen LogP contribution in [0.1, 0.15) is 22.9 Å². The van der Waals surface area contributed by atoms with E-state index in [1.165, 1.54) is 11.1 Å². The van der Waals surface area contributed by atoms with E-state index in [-0.39, 0.29) is 5.92 Å². The van der Waals surface area contributed by atoms with Gasteiger partial charge < -0.3 is 15.0 Å². The van der Waals surface area contributed by atoms with Crippen molar-refractivity contribution >= 4 is 0 Å². The van der Waals surface area contributed by atoms with Crippen molar-refractivity contribution in [3.05, 3.63) is 47.5 Å². The molecule has 4 heteroatoms. The van der Waals surface area contributed by atoms with Gasteiger partial charge in [-0.1, -0.05) is 12.1 Å². The largest absolute Gasteiger partial charge is 0.493 e. The van der Waals surface area contributed by atoms with Crippen molar-refractivity contribution < 1.29 is 4.74 Å². The Balaban J connectivity index is 2.00. The zero-order chi connectivity index (χ0) is 12.5. The second-order valence-electron chi connectivity index (χ2n) is 4.65. The normalized spacial score (nSPS) is 15.2. The number of rotatable bonds is 3. The Kier molecular flexibility index (Phi) is 2.80. The van der Waals surface area contributed by atoms with Crippen LogP contribution in [0.2, 0.25) is 0 Å². The molecule has 2 N–H and O–H groups in total. The average molecular weight is 243 g/mol. The third-order valence-corrected chi connectivity index (χ3v) is 3.52. The van der Waals surface area contributed by atoms with Crippen molar-refractivity contribution in [3.8, 4) is 5.75 Å². The summed E-state index contributed by atoms with van der Waals surface area (Å²) in [4.78, 5) is 4.41. The van der Waals surface area contributed by atoms with E-state index >= 15 is 0 Å². The second-order valence-corrected chi connectivity index (χ2v) is 4.65. The number of aromatic nitrogens is 2. The number of nitrogens with zero attached hydrogens (tertiary/aromatic N) is 2. The van der Waals surface area contributed by atoms with Crippen LogP contribution in [0.5, 0.6) is 5.75 Å². The lowest BCUT2D eigenvalue weighted by molar-refractivity contribution is 0.357. The lowest BCUT2D eigenvalue weighted by atomic mass is 9.96. The maximum Gasteiger partial charge on any atom is 0.122 e. The van der Waals surface area contributed by atoms with Gasteiger partial charge in [-0.3, -0.25) is 0 Å². The van der Waals surface area contributed by atoms with Crippen LogP contribution in [0, 0.1) is 0 Å². The van der Waals surface area contributed by atoms with Gasteiger partial charge >= 0.3 is 0 Å². The highest BCUT2D eigenvalue weighted by Gasteiger charge is 2.20. The van der Waals surface area contributed by atoms with E-state index in [2.05, 4.69) is 17.1 Å². The molecule has 1 unspecified atom stereocenters. The van der Waals surface area contributed by atoms with Crippen molar-refractivity contribution in [2.24, 2.45) is 12.8 Å². The molecular formula is C14H17N3O. The molecule has 0 radical (unpaired) electrons. The molecule has 1 atom stereocenters. The third-order valence-electron chi connectivity index (χ3n) is 3.52. The minimum Gasteiger partial charge on any atom is -0.493 e. The van der Waals surface area contributed by atoms with Crippen LogP contribution in [0.3, 0.4) is 0 Å². The minimum atomic E-state index is 0.149. The molecule has 1 aromatic carbocycles. The number of ether oxygens (including phenoxy) is 1. The molecule has 1 aliphatic rings. The maximum atomic E-state index is 5.93. The van der Waals surface area contributed by atoms with Gasteiger partial charge in [-0.2, -0.15) is 0 Å². The molecule has 0 bridgehead atoms. The molecule has 2 aromatic rings. The Morgan fingerprint density at radius 1 is 1.50 bits per heavy atom. The summed E-state index contributed by atoms with van der Waals surface area (Å²) in [6.45, 7) is 1.35. The van der Waals surface area contributed by atoms with E-state index in [0.717, 1.165) is 24.6 Å². The first-order chi connectivity index (χ1) is 8.79. The van der Waals surface area contributed by atoms with Gasteiger partial charge in [0.2, 0.25) is 0 Å². The number of aryl methyl sites for hydroxylation is 1. The van der Waals surface area contributed by atoms with Crippen LogP contribution in [-0.4, -0.2) is 22.7 Å². The summed E-state index contributed by atoms with van der Waals surface area (Å²) in [7, 11) is 2.00. The summed E-state index contributed by atoms with van der Waals surface area (Å²) < 4.78 is 7.56. The molecule has 0 spiro atoms. The Morgan fingerprint density at radius 2 is 2.39 bits per heavy atom. The Morgan fingerprint density at radius 3 is 3.11 bits per heavy atom. The second kappa shape index (κ2) is 4.46. The minimum absolute atomic E-state index is 0.149. The van der Waals surface area contributed by atoms with Crippen LogP contribution in [0.15, 0.2) is 30.6 Å². The molecule has 1 aromatic heterocycles. The van der Waals surface area contributed by atoms with Crippen molar-refractivity contribution in [3.63, 3.8) is 0 Å². The smallest absolute Gasteiger partial charge is 0.122 e. The first-order valence-corrected chi connectivity index (χ1v) is 6.22. The van der Waals surface area contributed by atoms with Gasteiger partial charge in [0.15, 0.2) is 0 Å². The fourth-order valence-electron chi connectivity index (χ4n) is 2.53. The van der Waals surface area contributed by atoms with Gasteiger partial charge in [-0.15, -0.1) is 0 Å². The van der Waals surface area contributed by atoms with Gasteiger partial charge in [0.05, 0.1) is 12.5 Å². The standard InChI is InChI=1S/C14H17N3O/c1-17-6-5-16-14(17)12(9-15)10-2-3-13-11(8-10)4-7-18-13/h2-3,5-6,8,12H,4,7,9,15H2,1H3. The summed E-state index contributed by atoms with van der Waals surface area (Å²) in [6, 6.07) is 6.34. The molecule has 0 saturated carbocycles. The van der Waals surface area contributed by atoms with E-state index in [9.17, 15) is 0 Å². The highest BCUT2D eigenvalue weighted by Crippen LogP contribution is 2.30. The van der Waals surface area contributed by atoms with Crippen molar-refractivity contribution in [1.29, 1.82) is 0 Å². The SMILES string of the molecule is Cn1ccnc1C(CN)c1ccc2c(c1)CCO2. The van der Waals surface area contributed by atoms with Crippen LogP contribution in [0.25, 0.3) is 0 Å². The van der Waals surface area contributed by atoms with Gasteiger partial charge in [-0.05, 0) is 17.2 Å². The van der Waals surface area contributed by atoms with Crippen LogP contribution in [-0.2, 0) is 13.5 Å². The Bertz CT molecular complexity index is 562. The summed E-state index contributed by atoms with van der Waals surface area (Å²) in [5.74, 6) is 2.17. The van der Waals surface area contributed by atoms with E-state index in [4.69, 9.17) is 10.5 Å². The van der Waals surface area contributed by atoms with E-state index in [0.29, 0.717) is 6.54 Å². The highest BCUT2D eigenvalue weighted by molar-refractivity contribution is 5.42. The van der Waals surface area contributed by atoms with Gasteiger partial charge in [-0.25, -0.2) is 4.98 Å². The molecule has 3 rings (SSSR count). The van der Waals surface area contributed by atoms with Crippen molar-refractivity contribution in [2.45, 2.75) is 12.3 Å². The van der Waals surface area contributed by atoms with Crippen LogP contribution >= 0.6 is 0 Å². The fraction of sp³-hybridized carbons (Fsp3) is 0.357. The molecule has 0 saturated heterocycles. The Hall–Kier alpha value is -1.81. The number of imidazole rings is 1. The number of benzene rings is 1. The third kappa shape index (κ3) is 1.78. The summed E-state index contributed by atoms with van der Waals surface area (Å²) in [5.41, 5.74) is 8.42. The quantitative estimate of drug-likeness (QED) is 0.887. The highest BCUT2D eigenvalue weighted by atomic mass is 16.5. The lowest BCUT2D eigenvalue weighted by Crippen LogP contribution is -2.17. The van der Waals surface area contributed by atoms with E-state index in [1.807, 2.05) is 30.1 Å².